The van der Waals surface area contributed by atoms with Crippen molar-refractivity contribution in [2.75, 3.05) is 7.11 Å². The number of nitrogens with zero attached hydrogens (tertiary/aromatic N) is 2. The fraction of sp³-hybridized carbons (Fsp3) is 0.0625. The second-order valence-corrected chi connectivity index (χ2v) is 4.81. The summed E-state index contributed by atoms with van der Waals surface area (Å²) >= 11 is 6.45. The Morgan fingerprint density at radius 1 is 0.950 bits per heavy atom. The summed E-state index contributed by atoms with van der Waals surface area (Å²) in [6.07, 6.45) is 3.55. The SMILES string of the molecule is COc1ccc([N+]2(c3ccccc3)N=CC=C2Cl)cc1. The Kier molecular flexibility index (Phi) is 3.30. The van der Waals surface area contributed by atoms with Crippen LogP contribution in [0.4, 0.5) is 11.4 Å². The molecule has 1 aliphatic rings. The van der Waals surface area contributed by atoms with Gasteiger partial charge in [-0.25, -0.2) is 0 Å². The van der Waals surface area contributed by atoms with E-state index in [1.165, 1.54) is 0 Å². The largest absolute Gasteiger partial charge is 0.497 e. The van der Waals surface area contributed by atoms with Crippen molar-refractivity contribution in [1.82, 2.24) is 4.59 Å². The highest BCUT2D eigenvalue weighted by molar-refractivity contribution is 6.32. The monoisotopic (exact) mass is 285 g/mol. The number of ether oxygens (including phenoxy) is 1. The fourth-order valence-corrected chi connectivity index (χ4v) is 2.62. The number of hydrogen-bond donors (Lipinski definition) is 0. The Hall–Kier alpha value is -2.10. The summed E-state index contributed by atoms with van der Waals surface area (Å²) in [5, 5.41) is 5.23. The van der Waals surface area contributed by atoms with Gasteiger partial charge in [-0.1, -0.05) is 27.9 Å². The molecule has 3 nitrogen and oxygen atoms in total. The average Bonchev–Trinajstić information content (AvgIpc) is 2.91. The molecule has 4 heteroatoms. The molecule has 1 atom stereocenters. The highest BCUT2D eigenvalue weighted by Crippen LogP contribution is 2.43. The highest BCUT2D eigenvalue weighted by atomic mass is 35.5. The summed E-state index contributed by atoms with van der Waals surface area (Å²) in [6.45, 7) is 0. The van der Waals surface area contributed by atoms with Gasteiger partial charge in [-0.05, 0) is 23.7 Å². The van der Waals surface area contributed by atoms with Crippen molar-refractivity contribution < 1.29 is 4.74 Å². The van der Waals surface area contributed by atoms with E-state index in [9.17, 15) is 0 Å². The second-order valence-electron chi connectivity index (χ2n) is 4.42. The van der Waals surface area contributed by atoms with Crippen LogP contribution in [0, 0.1) is 0 Å². The van der Waals surface area contributed by atoms with Gasteiger partial charge in [0.15, 0.2) is 11.4 Å². The Balaban J connectivity index is 2.17. The van der Waals surface area contributed by atoms with Crippen LogP contribution < -0.4 is 9.33 Å². The van der Waals surface area contributed by atoms with Crippen molar-refractivity contribution in [1.29, 1.82) is 0 Å². The van der Waals surface area contributed by atoms with Gasteiger partial charge in [-0.2, -0.15) is 0 Å². The number of allylic oxidation sites excluding steroid dienone is 1. The lowest BCUT2D eigenvalue weighted by molar-refractivity contribution is 0.414. The fourth-order valence-electron chi connectivity index (χ4n) is 2.33. The minimum Gasteiger partial charge on any atom is -0.497 e. The highest BCUT2D eigenvalue weighted by Gasteiger charge is 2.40. The van der Waals surface area contributed by atoms with Crippen molar-refractivity contribution in [2.45, 2.75) is 0 Å². The Morgan fingerprint density at radius 2 is 1.60 bits per heavy atom. The molecular weight excluding hydrogens is 272 g/mol. The van der Waals surface area contributed by atoms with E-state index >= 15 is 0 Å². The first kappa shape index (κ1) is 12.9. The molecule has 1 unspecified atom stereocenters. The van der Waals surface area contributed by atoms with E-state index in [0.29, 0.717) is 5.16 Å². The Morgan fingerprint density at radius 3 is 2.15 bits per heavy atom. The lowest BCUT2D eigenvalue weighted by atomic mass is 10.2. The van der Waals surface area contributed by atoms with E-state index < -0.39 is 0 Å². The predicted molar refractivity (Wildman–Crippen MR) is 83.3 cm³/mol. The predicted octanol–water partition coefficient (Wildman–Crippen LogP) is 4.41. The minimum atomic E-state index is 0.159. The quantitative estimate of drug-likeness (QED) is 0.604. The third-order valence-electron chi connectivity index (χ3n) is 3.34. The lowest BCUT2D eigenvalue weighted by Crippen LogP contribution is -2.33. The first-order valence-corrected chi connectivity index (χ1v) is 6.66. The zero-order valence-corrected chi connectivity index (χ0v) is 11.8. The van der Waals surface area contributed by atoms with Gasteiger partial charge in [0.05, 0.1) is 13.3 Å². The van der Waals surface area contributed by atoms with Crippen LogP contribution in [0.1, 0.15) is 0 Å². The maximum Gasteiger partial charge on any atom is 0.240 e. The van der Waals surface area contributed by atoms with E-state index in [1.54, 1.807) is 13.3 Å². The van der Waals surface area contributed by atoms with Crippen LogP contribution in [0.25, 0.3) is 0 Å². The van der Waals surface area contributed by atoms with Crippen LogP contribution in [0.3, 0.4) is 0 Å². The standard InChI is InChI=1S/C16H14ClN2O/c1-20-15-9-7-14(8-10-15)19(16(17)11-12-18-19)13-5-3-2-4-6-13/h2-12H,1H3/q+1. The molecule has 0 fully saturated rings. The van der Waals surface area contributed by atoms with Crippen LogP contribution in [-0.4, -0.2) is 13.3 Å². The lowest BCUT2D eigenvalue weighted by Gasteiger charge is -2.27. The molecule has 0 saturated heterocycles. The van der Waals surface area contributed by atoms with E-state index in [2.05, 4.69) is 5.10 Å². The van der Waals surface area contributed by atoms with Gasteiger partial charge >= 0.3 is 0 Å². The van der Waals surface area contributed by atoms with Crippen LogP contribution >= 0.6 is 11.6 Å². The third-order valence-corrected chi connectivity index (χ3v) is 3.71. The molecule has 0 saturated carbocycles. The second kappa shape index (κ2) is 5.12. The van der Waals surface area contributed by atoms with Crippen molar-refractivity contribution >= 4 is 29.2 Å². The maximum absolute atomic E-state index is 6.45. The Labute approximate surface area is 123 Å². The van der Waals surface area contributed by atoms with Crippen molar-refractivity contribution in [3.05, 3.63) is 65.8 Å². The summed E-state index contributed by atoms with van der Waals surface area (Å²) in [4.78, 5) is 0. The normalized spacial score (nSPS) is 20.8. The summed E-state index contributed by atoms with van der Waals surface area (Å²) in [5.41, 5.74) is 1.96. The van der Waals surface area contributed by atoms with Gasteiger partial charge in [0.2, 0.25) is 5.16 Å². The summed E-state index contributed by atoms with van der Waals surface area (Å²) in [5.74, 6) is 0.809. The topological polar surface area (TPSA) is 21.6 Å². The average molecular weight is 286 g/mol. The molecule has 0 aromatic heterocycles. The molecule has 3 rings (SSSR count). The molecule has 0 radical (unpaired) electrons. The van der Waals surface area contributed by atoms with Gasteiger partial charge < -0.3 is 4.74 Å². The summed E-state index contributed by atoms with van der Waals surface area (Å²) < 4.78 is 5.36. The van der Waals surface area contributed by atoms with Gasteiger partial charge in [-0.15, -0.1) is 0 Å². The molecule has 100 valence electrons. The van der Waals surface area contributed by atoms with Gasteiger partial charge in [0.1, 0.15) is 5.75 Å². The molecule has 0 aliphatic carbocycles. The summed E-state index contributed by atoms with van der Waals surface area (Å²) in [7, 11) is 1.65. The number of methoxy groups -OCH3 is 1. The van der Waals surface area contributed by atoms with Gasteiger partial charge in [0.25, 0.3) is 0 Å². The molecule has 1 heterocycles. The smallest absolute Gasteiger partial charge is 0.240 e. The number of halogens is 1. The van der Waals surface area contributed by atoms with Crippen LogP contribution in [0.5, 0.6) is 5.75 Å². The molecule has 2 aromatic carbocycles. The molecule has 0 amide bonds. The molecule has 0 spiro atoms. The van der Waals surface area contributed by atoms with Gasteiger partial charge in [-0.3, -0.25) is 0 Å². The van der Waals surface area contributed by atoms with Crippen LogP contribution in [-0.2, 0) is 0 Å². The van der Waals surface area contributed by atoms with E-state index in [4.69, 9.17) is 16.3 Å². The number of rotatable bonds is 3. The maximum atomic E-state index is 6.45. The summed E-state index contributed by atoms with van der Waals surface area (Å²) in [6, 6.07) is 17.8. The molecular formula is C16H14ClN2O+. The zero-order valence-electron chi connectivity index (χ0n) is 11.0. The molecule has 20 heavy (non-hydrogen) atoms. The van der Waals surface area contributed by atoms with Crippen LogP contribution in [0.15, 0.2) is 70.9 Å². The zero-order chi connectivity index (χ0) is 14.0. The van der Waals surface area contributed by atoms with Crippen molar-refractivity contribution in [2.24, 2.45) is 5.10 Å². The first-order valence-electron chi connectivity index (χ1n) is 6.28. The first-order chi connectivity index (χ1) is 9.77. The van der Waals surface area contributed by atoms with E-state index in [-0.39, 0.29) is 4.59 Å². The van der Waals surface area contributed by atoms with Gasteiger partial charge in [0, 0.05) is 30.3 Å². The number of quaternary nitrogens is 1. The van der Waals surface area contributed by atoms with Crippen molar-refractivity contribution in [3.63, 3.8) is 0 Å². The number of hydrogen-bond acceptors (Lipinski definition) is 2. The minimum absolute atomic E-state index is 0.159. The van der Waals surface area contributed by atoms with Crippen molar-refractivity contribution in [3.8, 4) is 5.75 Å². The molecule has 2 aromatic rings. The molecule has 0 N–H and O–H groups in total. The number of para-hydroxylation sites is 1. The molecule has 0 bridgehead atoms. The third kappa shape index (κ3) is 1.92. The number of benzene rings is 2. The van der Waals surface area contributed by atoms with E-state index in [0.717, 1.165) is 17.1 Å². The molecule has 1 aliphatic heterocycles. The van der Waals surface area contributed by atoms with E-state index in [1.807, 2.05) is 60.7 Å². The van der Waals surface area contributed by atoms with Crippen LogP contribution in [0.2, 0.25) is 0 Å². The Bertz CT molecular complexity index is 665.